The number of hydrogen-bond acceptors (Lipinski definition) is 3. The van der Waals surface area contributed by atoms with Gasteiger partial charge in [0.2, 0.25) is 0 Å². The van der Waals surface area contributed by atoms with Crippen LogP contribution in [-0.2, 0) is 13.0 Å². The van der Waals surface area contributed by atoms with E-state index in [-0.39, 0.29) is 12.4 Å². The van der Waals surface area contributed by atoms with Crippen LogP contribution < -0.4 is 21.9 Å². The molecule has 0 atom stereocenters. The molecule has 1 aliphatic heterocycles. The number of rotatable bonds is 6. The molecule has 0 fully saturated rings. The lowest BCUT2D eigenvalue weighted by molar-refractivity contribution is -0.00000526. The standard InChI is InChI=1S/C19H23NO2.ClH/c1-21-18-7-9-19(10-8-18)22-14-4-12-20-13-11-16-5-2-3-6-17(16)15-20;/h2-3,5-10H,4,11-15H2,1H3;1H/p-1. The summed E-state index contributed by atoms with van der Waals surface area (Å²) < 4.78 is 10.9. The van der Waals surface area contributed by atoms with E-state index in [0.717, 1.165) is 50.6 Å². The highest BCUT2D eigenvalue weighted by atomic mass is 35.5. The van der Waals surface area contributed by atoms with Crippen LogP contribution in [0, 0.1) is 0 Å². The van der Waals surface area contributed by atoms with Gasteiger partial charge in [-0.3, -0.25) is 4.90 Å². The van der Waals surface area contributed by atoms with Crippen LogP contribution in [0.1, 0.15) is 17.5 Å². The SMILES string of the molecule is COc1ccc(OCCCN2CCc3ccccc3C2)cc1.[Cl-]. The lowest BCUT2D eigenvalue weighted by atomic mass is 10.00. The number of methoxy groups -OCH3 is 1. The predicted molar refractivity (Wildman–Crippen MR) is 88.5 cm³/mol. The molecule has 0 radical (unpaired) electrons. The van der Waals surface area contributed by atoms with Crippen LogP contribution >= 0.6 is 0 Å². The van der Waals surface area contributed by atoms with Crippen molar-refractivity contribution >= 4 is 0 Å². The van der Waals surface area contributed by atoms with E-state index in [9.17, 15) is 0 Å². The molecule has 0 unspecified atom stereocenters. The zero-order valence-electron chi connectivity index (χ0n) is 13.5. The van der Waals surface area contributed by atoms with Crippen molar-refractivity contribution in [3.63, 3.8) is 0 Å². The van der Waals surface area contributed by atoms with Crippen LogP contribution in [0.25, 0.3) is 0 Å². The lowest BCUT2D eigenvalue weighted by Gasteiger charge is -2.28. The molecule has 4 heteroatoms. The van der Waals surface area contributed by atoms with Gasteiger partial charge < -0.3 is 21.9 Å². The Balaban J connectivity index is 0.00000192. The Labute approximate surface area is 144 Å². The van der Waals surface area contributed by atoms with Crippen molar-refractivity contribution < 1.29 is 21.9 Å². The first-order valence-corrected chi connectivity index (χ1v) is 7.91. The highest BCUT2D eigenvalue weighted by Gasteiger charge is 2.14. The van der Waals surface area contributed by atoms with E-state index in [4.69, 9.17) is 9.47 Å². The zero-order valence-corrected chi connectivity index (χ0v) is 14.3. The highest BCUT2D eigenvalue weighted by Crippen LogP contribution is 2.19. The van der Waals surface area contributed by atoms with Gasteiger partial charge in [0.25, 0.3) is 0 Å². The molecular formula is C19H23ClNO2-. The van der Waals surface area contributed by atoms with Gasteiger partial charge in [0.05, 0.1) is 13.7 Å². The van der Waals surface area contributed by atoms with E-state index in [2.05, 4.69) is 29.2 Å². The van der Waals surface area contributed by atoms with Gasteiger partial charge in [0.1, 0.15) is 11.5 Å². The van der Waals surface area contributed by atoms with Gasteiger partial charge in [-0.2, -0.15) is 0 Å². The summed E-state index contributed by atoms with van der Waals surface area (Å²) in [5.41, 5.74) is 2.98. The van der Waals surface area contributed by atoms with Crippen molar-refractivity contribution in [1.29, 1.82) is 0 Å². The second-order valence-electron chi connectivity index (χ2n) is 5.67. The lowest BCUT2D eigenvalue weighted by Crippen LogP contribution is -3.00. The largest absolute Gasteiger partial charge is 1.00 e. The van der Waals surface area contributed by atoms with E-state index in [1.165, 1.54) is 11.1 Å². The third-order valence-corrected chi connectivity index (χ3v) is 4.16. The Kier molecular flexibility index (Phi) is 6.75. The summed E-state index contributed by atoms with van der Waals surface area (Å²) in [6, 6.07) is 16.5. The Morgan fingerprint density at radius 2 is 1.65 bits per heavy atom. The molecular weight excluding hydrogens is 310 g/mol. The summed E-state index contributed by atoms with van der Waals surface area (Å²) in [5.74, 6) is 1.77. The fourth-order valence-electron chi connectivity index (χ4n) is 2.90. The molecule has 0 aliphatic carbocycles. The van der Waals surface area contributed by atoms with Crippen LogP contribution in [0.5, 0.6) is 11.5 Å². The maximum absolute atomic E-state index is 5.78. The monoisotopic (exact) mass is 332 g/mol. The molecule has 0 spiro atoms. The van der Waals surface area contributed by atoms with Crippen molar-refractivity contribution in [1.82, 2.24) is 4.90 Å². The first-order valence-electron chi connectivity index (χ1n) is 7.91. The van der Waals surface area contributed by atoms with Crippen LogP contribution in [-0.4, -0.2) is 31.7 Å². The number of ether oxygens (including phenoxy) is 2. The molecule has 1 aliphatic rings. The minimum absolute atomic E-state index is 0. The number of hydrogen-bond donors (Lipinski definition) is 0. The number of benzene rings is 2. The van der Waals surface area contributed by atoms with Gasteiger partial charge in [-0.25, -0.2) is 0 Å². The molecule has 124 valence electrons. The maximum atomic E-state index is 5.78. The van der Waals surface area contributed by atoms with Crippen molar-refractivity contribution in [2.75, 3.05) is 26.8 Å². The average molecular weight is 333 g/mol. The van der Waals surface area contributed by atoms with E-state index in [1.54, 1.807) is 7.11 Å². The molecule has 0 aromatic heterocycles. The Morgan fingerprint density at radius 1 is 0.957 bits per heavy atom. The fraction of sp³-hybridized carbons (Fsp3) is 0.368. The number of nitrogens with zero attached hydrogens (tertiary/aromatic N) is 1. The van der Waals surface area contributed by atoms with Crippen LogP contribution in [0.2, 0.25) is 0 Å². The second kappa shape index (κ2) is 8.80. The van der Waals surface area contributed by atoms with Crippen molar-refractivity contribution in [2.24, 2.45) is 0 Å². The molecule has 23 heavy (non-hydrogen) atoms. The van der Waals surface area contributed by atoms with Crippen molar-refractivity contribution in [2.45, 2.75) is 19.4 Å². The summed E-state index contributed by atoms with van der Waals surface area (Å²) in [5, 5.41) is 0. The molecule has 0 bridgehead atoms. The third kappa shape index (κ3) is 4.88. The van der Waals surface area contributed by atoms with Crippen LogP contribution in [0.4, 0.5) is 0 Å². The van der Waals surface area contributed by atoms with E-state index in [0.29, 0.717) is 0 Å². The predicted octanol–water partition coefficient (Wildman–Crippen LogP) is 0.526. The molecule has 0 amide bonds. The normalized spacial score (nSPS) is 13.8. The second-order valence-corrected chi connectivity index (χ2v) is 5.67. The smallest absolute Gasteiger partial charge is 0.119 e. The first-order chi connectivity index (χ1) is 10.8. The first kappa shape index (κ1) is 17.6. The van der Waals surface area contributed by atoms with E-state index < -0.39 is 0 Å². The molecule has 3 rings (SSSR count). The molecule has 1 heterocycles. The minimum Gasteiger partial charge on any atom is -1.00 e. The van der Waals surface area contributed by atoms with Gasteiger partial charge in [0.15, 0.2) is 0 Å². The number of fused-ring (bicyclic) bond motifs is 1. The molecule has 0 saturated heterocycles. The number of halogens is 1. The Hall–Kier alpha value is -1.71. The van der Waals surface area contributed by atoms with Gasteiger partial charge in [-0.05, 0) is 48.2 Å². The molecule has 0 N–H and O–H groups in total. The van der Waals surface area contributed by atoms with Crippen molar-refractivity contribution in [3.05, 3.63) is 59.7 Å². The van der Waals surface area contributed by atoms with E-state index in [1.807, 2.05) is 24.3 Å². The molecule has 3 nitrogen and oxygen atoms in total. The van der Waals surface area contributed by atoms with Crippen LogP contribution in [0.15, 0.2) is 48.5 Å². The summed E-state index contributed by atoms with van der Waals surface area (Å²) in [4.78, 5) is 2.51. The summed E-state index contributed by atoms with van der Waals surface area (Å²) >= 11 is 0. The maximum Gasteiger partial charge on any atom is 0.119 e. The zero-order chi connectivity index (χ0) is 15.2. The Bertz CT molecular complexity index is 601. The van der Waals surface area contributed by atoms with Gasteiger partial charge in [0, 0.05) is 19.6 Å². The summed E-state index contributed by atoms with van der Waals surface area (Å²) in [6.07, 6.45) is 2.21. The minimum atomic E-state index is 0. The quantitative estimate of drug-likeness (QED) is 0.720. The van der Waals surface area contributed by atoms with Crippen LogP contribution in [0.3, 0.4) is 0 Å². The summed E-state index contributed by atoms with van der Waals surface area (Å²) in [6.45, 7) is 4.06. The Morgan fingerprint density at radius 3 is 2.39 bits per heavy atom. The van der Waals surface area contributed by atoms with Gasteiger partial charge in [-0.15, -0.1) is 0 Å². The summed E-state index contributed by atoms with van der Waals surface area (Å²) in [7, 11) is 1.67. The van der Waals surface area contributed by atoms with E-state index >= 15 is 0 Å². The highest BCUT2D eigenvalue weighted by molar-refractivity contribution is 5.31. The van der Waals surface area contributed by atoms with Crippen molar-refractivity contribution in [3.8, 4) is 11.5 Å². The van der Waals surface area contributed by atoms with Gasteiger partial charge >= 0.3 is 0 Å². The topological polar surface area (TPSA) is 21.7 Å². The van der Waals surface area contributed by atoms with Gasteiger partial charge in [-0.1, -0.05) is 24.3 Å². The molecule has 2 aromatic carbocycles. The third-order valence-electron chi connectivity index (χ3n) is 4.16. The average Bonchev–Trinajstić information content (AvgIpc) is 2.59. The molecule has 0 saturated carbocycles. The molecule has 2 aromatic rings. The fourth-order valence-corrected chi connectivity index (χ4v) is 2.90.